The van der Waals surface area contributed by atoms with Gasteiger partial charge in [0, 0.05) is 15.6 Å². The van der Waals surface area contributed by atoms with E-state index in [2.05, 4.69) is 47.8 Å². The molecule has 0 amide bonds. The molecule has 2 aromatic rings. The Labute approximate surface area is 142 Å². The van der Waals surface area contributed by atoms with Gasteiger partial charge in [-0.15, -0.1) is 0 Å². The lowest BCUT2D eigenvalue weighted by atomic mass is 10.0. The minimum absolute atomic E-state index is 0.270. The Morgan fingerprint density at radius 2 is 1.80 bits per heavy atom. The summed E-state index contributed by atoms with van der Waals surface area (Å²) >= 11 is 10.3. The number of rotatable bonds is 3. The molecule has 0 aliphatic heterocycles. The van der Waals surface area contributed by atoms with Gasteiger partial charge >= 0.3 is 0 Å². The molecule has 5 heteroatoms. The van der Waals surface area contributed by atoms with E-state index in [1.54, 1.807) is 19.2 Å². The van der Waals surface area contributed by atoms with Crippen molar-refractivity contribution in [2.45, 2.75) is 11.8 Å². The molecule has 2 rings (SSSR count). The minimum Gasteiger partial charge on any atom is -0.496 e. The van der Waals surface area contributed by atoms with Gasteiger partial charge in [0.05, 0.1) is 16.4 Å². The lowest BCUT2D eigenvalue weighted by Crippen LogP contribution is -2.01. The molecule has 1 unspecified atom stereocenters. The Morgan fingerprint density at radius 1 is 1.10 bits per heavy atom. The van der Waals surface area contributed by atoms with Crippen LogP contribution in [0.4, 0.5) is 4.39 Å². The molecule has 0 N–H and O–H groups in total. The summed E-state index contributed by atoms with van der Waals surface area (Å²) in [4.78, 5) is -0.285. The fourth-order valence-corrected chi connectivity index (χ4v) is 3.38. The largest absolute Gasteiger partial charge is 0.496 e. The van der Waals surface area contributed by atoms with Crippen LogP contribution in [0.3, 0.4) is 0 Å². The van der Waals surface area contributed by atoms with Crippen LogP contribution >= 0.6 is 47.8 Å². The first kappa shape index (κ1) is 16.0. The zero-order valence-corrected chi connectivity index (χ0v) is 15.6. The Balaban J connectivity index is 2.55. The van der Waals surface area contributed by atoms with E-state index in [1.807, 2.05) is 25.1 Å². The van der Waals surface area contributed by atoms with Crippen LogP contribution in [0.2, 0.25) is 0 Å². The van der Waals surface area contributed by atoms with Gasteiger partial charge in [0.25, 0.3) is 0 Å². The van der Waals surface area contributed by atoms with Gasteiger partial charge in [-0.3, -0.25) is 0 Å². The molecular weight excluding hydrogens is 455 g/mol. The smallest absolute Gasteiger partial charge is 0.142 e. The maximum atomic E-state index is 14.2. The standard InChI is InChI=1S/C15H12Br3FO/c1-8-6-13(20-2)10(7-12(8)17)14(18)9-4-3-5-11(16)15(9)19/h3-7,14H,1-2H3. The molecule has 1 atom stereocenters. The molecule has 0 spiro atoms. The van der Waals surface area contributed by atoms with Crippen molar-refractivity contribution in [3.8, 4) is 5.75 Å². The lowest BCUT2D eigenvalue weighted by molar-refractivity contribution is 0.410. The van der Waals surface area contributed by atoms with E-state index in [4.69, 9.17) is 4.74 Å². The van der Waals surface area contributed by atoms with Gasteiger partial charge in [-0.25, -0.2) is 4.39 Å². The molecule has 20 heavy (non-hydrogen) atoms. The average molecular weight is 467 g/mol. The Bertz CT molecular complexity index is 643. The quantitative estimate of drug-likeness (QED) is 0.493. The van der Waals surface area contributed by atoms with Gasteiger partial charge in [0.15, 0.2) is 0 Å². The fraction of sp³-hybridized carbons (Fsp3) is 0.200. The zero-order valence-electron chi connectivity index (χ0n) is 10.9. The molecule has 0 aromatic heterocycles. The highest BCUT2D eigenvalue weighted by Crippen LogP contribution is 2.41. The van der Waals surface area contributed by atoms with Crippen molar-refractivity contribution in [1.29, 1.82) is 0 Å². The van der Waals surface area contributed by atoms with Crippen LogP contribution in [0.5, 0.6) is 5.75 Å². The van der Waals surface area contributed by atoms with E-state index in [0.29, 0.717) is 10.0 Å². The predicted octanol–water partition coefficient (Wildman–Crippen LogP) is 6.15. The van der Waals surface area contributed by atoms with Gasteiger partial charge < -0.3 is 4.74 Å². The summed E-state index contributed by atoms with van der Waals surface area (Å²) in [6.45, 7) is 1.99. The molecule has 0 heterocycles. The molecule has 2 aromatic carbocycles. The summed E-state index contributed by atoms with van der Waals surface area (Å²) in [7, 11) is 1.61. The van der Waals surface area contributed by atoms with E-state index in [-0.39, 0.29) is 10.6 Å². The highest BCUT2D eigenvalue weighted by Gasteiger charge is 2.20. The van der Waals surface area contributed by atoms with Crippen LogP contribution in [0.1, 0.15) is 21.5 Å². The highest BCUT2D eigenvalue weighted by atomic mass is 79.9. The van der Waals surface area contributed by atoms with Crippen molar-refractivity contribution >= 4 is 47.8 Å². The van der Waals surface area contributed by atoms with Gasteiger partial charge in [-0.2, -0.15) is 0 Å². The Morgan fingerprint density at radius 3 is 2.45 bits per heavy atom. The molecule has 0 bridgehead atoms. The van der Waals surface area contributed by atoms with Crippen LogP contribution in [-0.4, -0.2) is 7.11 Å². The number of hydrogen-bond donors (Lipinski definition) is 0. The van der Waals surface area contributed by atoms with Gasteiger partial charge in [0.1, 0.15) is 11.6 Å². The molecular formula is C15H12Br3FO. The summed E-state index contributed by atoms with van der Waals surface area (Å²) in [5.41, 5.74) is 2.51. The first-order chi connectivity index (χ1) is 9.45. The average Bonchev–Trinajstić information content (AvgIpc) is 2.43. The van der Waals surface area contributed by atoms with E-state index >= 15 is 0 Å². The second-order valence-corrected chi connectivity index (χ2v) is 6.97. The fourth-order valence-electron chi connectivity index (χ4n) is 1.93. The van der Waals surface area contributed by atoms with E-state index in [9.17, 15) is 4.39 Å². The van der Waals surface area contributed by atoms with E-state index < -0.39 is 0 Å². The SMILES string of the molecule is COc1cc(C)c(Br)cc1C(Br)c1cccc(Br)c1F. The van der Waals surface area contributed by atoms with Gasteiger partial charge in [-0.1, -0.05) is 44.0 Å². The lowest BCUT2D eigenvalue weighted by Gasteiger charge is -2.17. The van der Waals surface area contributed by atoms with Crippen LogP contribution in [0.25, 0.3) is 0 Å². The van der Waals surface area contributed by atoms with Gasteiger partial charge in [-0.05, 0) is 46.6 Å². The van der Waals surface area contributed by atoms with Crippen LogP contribution in [0.15, 0.2) is 39.3 Å². The third kappa shape index (κ3) is 3.10. The molecule has 0 fully saturated rings. The first-order valence-electron chi connectivity index (χ1n) is 5.87. The number of aryl methyl sites for hydroxylation is 1. The minimum atomic E-state index is -0.285. The summed E-state index contributed by atoms with van der Waals surface area (Å²) < 4.78 is 21.0. The normalized spacial score (nSPS) is 12.3. The maximum absolute atomic E-state index is 14.2. The predicted molar refractivity (Wildman–Crippen MR) is 90.3 cm³/mol. The summed E-state index contributed by atoms with van der Waals surface area (Å²) in [5, 5.41) is 0. The number of alkyl halides is 1. The molecule has 0 saturated heterocycles. The monoisotopic (exact) mass is 464 g/mol. The second kappa shape index (κ2) is 6.58. The maximum Gasteiger partial charge on any atom is 0.142 e. The van der Waals surface area contributed by atoms with Crippen molar-refractivity contribution in [2.75, 3.05) is 7.11 Å². The molecule has 0 aliphatic rings. The third-order valence-electron chi connectivity index (χ3n) is 3.04. The number of ether oxygens (including phenoxy) is 1. The third-order valence-corrected chi connectivity index (χ3v) is 5.49. The summed E-state index contributed by atoms with van der Waals surface area (Å²) in [6.07, 6.45) is 0. The van der Waals surface area contributed by atoms with Crippen molar-refractivity contribution in [3.05, 3.63) is 61.8 Å². The zero-order chi connectivity index (χ0) is 14.9. The number of methoxy groups -OCH3 is 1. The van der Waals surface area contributed by atoms with E-state index in [0.717, 1.165) is 21.3 Å². The molecule has 0 radical (unpaired) electrons. The number of benzene rings is 2. The Hall–Kier alpha value is -0.390. The van der Waals surface area contributed by atoms with Gasteiger partial charge in [0.2, 0.25) is 0 Å². The van der Waals surface area contributed by atoms with Crippen LogP contribution < -0.4 is 4.74 Å². The topological polar surface area (TPSA) is 9.23 Å². The van der Waals surface area contributed by atoms with Crippen molar-refractivity contribution in [1.82, 2.24) is 0 Å². The van der Waals surface area contributed by atoms with Crippen molar-refractivity contribution in [2.24, 2.45) is 0 Å². The summed E-state index contributed by atoms with van der Waals surface area (Å²) in [6, 6.07) is 9.14. The van der Waals surface area contributed by atoms with Crippen LogP contribution in [-0.2, 0) is 0 Å². The number of hydrogen-bond acceptors (Lipinski definition) is 1. The van der Waals surface area contributed by atoms with Crippen LogP contribution in [0, 0.1) is 12.7 Å². The van der Waals surface area contributed by atoms with Crippen molar-refractivity contribution < 1.29 is 9.13 Å². The number of halogens is 4. The van der Waals surface area contributed by atoms with E-state index in [1.165, 1.54) is 0 Å². The Kier molecular flexibility index (Phi) is 5.26. The second-order valence-electron chi connectivity index (χ2n) is 4.35. The molecule has 0 aliphatic carbocycles. The molecule has 1 nitrogen and oxygen atoms in total. The molecule has 0 saturated carbocycles. The molecule has 106 valence electrons. The summed E-state index contributed by atoms with van der Waals surface area (Å²) in [5.74, 6) is 0.458. The highest BCUT2D eigenvalue weighted by molar-refractivity contribution is 9.11. The van der Waals surface area contributed by atoms with Crippen molar-refractivity contribution in [3.63, 3.8) is 0 Å². The first-order valence-corrected chi connectivity index (χ1v) is 8.38.